The van der Waals surface area contributed by atoms with Gasteiger partial charge in [0.1, 0.15) is 53.5 Å². The first-order valence-corrected chi connectivity index (χ1v) is 37.3. The molecule has 3 aliphatic heterocycles. The van der Waals surface area contributed by atoms with Crippen molar-refractivity contribution in [1.29, 1.82) is 0 Å². The van der Waals surface area contributed by atoms with Crippen molar-refractivity contribution in [2.75, 3.05) is 98.7 Å². The molecule has 20 heteroatoms. The molecule has 6 heterocycles. The SMILES string of the molecule is Cc1cc(Cl)ccc1C(=O)c1sc2cc(O)ccc2c1-c1ccc(OCCN2CC(CF)C2)cc1.Cc1cc(F)ccc1C(=O)c1sc2cc(O)ccc2c1-c1ccc(OCCN2CC(CF)C2)cc1.O=C(c1ccccc1)c1sc2cc(O)ccc2c1-c1ccc(OCCCN2CC(CF)C2)cc1. The van der Waals surface area contributed by atoms with Gasteiger partial charge in [-0.3, -0.25) is 37.4 Å². The minimum Gasteiger partial charge on any atom is -0.508 e. The van der Waals surface area contributed by atoms with Crippen molar-refractivity contribution in [2.24, 2.45) is 17.8 Å². The van der Waals surface area contributed by atoms with Crippen molar-refractivity contribution in [3.63, 3.8) is 0 Å². The van der Waals surface area contributed by atoms with E-state index in [1.165, 1.54) is 52.2 Å². The molecule has 9 aromatic carbocycles. The van der Waals surface area contributed by atoms with Gasteiger partial charge in [-0.1, -0.05) is 78.3 Å². The summed E-state index contributed by atoms with van der Waals surface area (Å²) in [6.45, 7) is 11.8. The maximum Gasteiger partial charge on any atom is 0.203 e. The first-order valence-electron chi connectivity index (χ1n) is 34.5. The van der Waals surface area contributed by atoms with Crippen molar-refractivity contribution in [2.45, 2.75) is 20.3 Å². The summed E-state index contributed by atoms with van der Waals surface area (Å²) in [5.74, 6) is 2.60. The van der Waals surface area contributed by atoms with E-state index in [-0.39, 0.29) is 78.2 Å². The number of aromatic hydroxyl groups is 3. The van der Waals surface area contributed by atoms with E-state index in [0.29, 0.717) is 61.7 Å². The van der Waals surface area contributed by atoms with Gasteiger partial charge in [-0.05, 0) is 175 Å². The van der Waals surface area contributed by atoms with Crippen molar-refractivity contribution in [1.82, 2.24) is 14.7 Å². The van der Waals surface area contributed by atoms with Crippen molar-refractivity contribution >= 4 is 93.2 Å². The summed E-state index contributed by atoms with van der Waals surface area (Å²) in [5, 5.41) is 33.3. The standard InChI is InChI=1S/C28H25ClFNO3S.C28H25F2NO3S.C28H26FNO3S/c1-17-12-20(29)4-8-23(17)27(33)28-26(24-9-5-21(32)13-25(24)35-28)19-2-6-22(7-3-19)34-11-10-31-15-18(14-30)16-31;1-17-12-20(30)4-8-23(17)27(33)28-26(24-9-5-21(32)13-25(24)35-28)19-2-6-22(7-3-19)34-11-10-31-15-18(14-29)16-31;29-16-19-17-30(18-19)13-4-14-33-23-10-7-20(8-11-23)26-24-12-9-22(31)15-25(24)34-28(26)27(32)21-5-2-1-3-6-21/h2*2-9,12-13,18,32H,10-11,14-16H2,1H3;1-3,5-12,15,19,31H,4,13-14,16-18H2. The van der Waals surface area contributed by atoms with Crippen LogP contribution in [0.2, 0.25) is 5.02 Å². The third kappa shape index (κ3) is 16.9. The number of thiophene rings is 3. The van der Waals surface area contributed by atoms with Gasteiger partial charge < -0.3 is 34.4 Å². The average molecular weight is 1480 g/mol. The van der Waals surface area contributed by atoms with E-state index in [4.69, 9.17) is 25.8 Å². The summed E-state index contributed by atoms with van der Waals surface area (Å²) in [6, 6.07) is 57.3. The van der Waals surface area contributed by atoms with Crippen LogP contribution >= 0.6 is 45.6 Å². The molecule has 0 aliphatic carbocycles. The number of hydrogen-bond donors (Lipinski definition) is 3. The van der Waals surface area contributed by atoms with Gasteiger partial charge in [0.25, 0.3) is 0 Å². The number of fused-ring (bicyclic) bond motifs is 3. The number of benzene rings is 9. The highest BCUT2D eigenvalue weighted by molar-refractivity contribution is 7.22. The Kier molecular flexibility index (Phi) is 23.2. The normalized spacial score (nSPS) is 14.3. The number of ether oxygens (including phenoxy) is 3. The largest absolute Gasteiger partial charge is 0.508 e. The molecule has 12 nitrogen and oxygen atoms in total. The molecule has 0 atom stereocenters. The Balaban J connectivity index is 0.000000139. The molecule has 0 saturated carbocycles. The fourth-order valence-corrected chi connectivity index (χ4v) is 17.3. The number of phenols is 3. The van der Waals surface area contributed by atoms with E-state index < -0.39 is 0 Å². The molecule has 3 saturated heterocycles. The molecule has 3 aromatic heterocycles. The van der Waals surface area contributed by atoms with Gasteiger partial charge in [0.05, 0.1) is 41.3 Å². The van der Waals surface area contributed by atoms with Crippen LogP contribution in [0.1, 0.15) is 63.3 Å². The Hall–Kier alpha value is -9.44. The predicted molar refractivity (Wildman–Crippen MR) is 410 cm³/mol. The fraction of sp³-hybridized carbons (Fsp3) is 0.250. The van der Waals surface area contributed by atoms with Crippen LogP contribution < -0.4 is 14.2 Å². The summed E-state index contributed by atoms with van der Waals surface area (Å²) in [4.78, 5) is 48.9. The zero-order valence-electron chi connectivity index (χ0n) is 57.3. The number of carbonyl (C=O) groups excluding carboxylic acids is 3. The van der Waals surface area contributed by atoms with Crippen LogP contribution in [-0.2, 0) is 0 Å². The van der Waals surface area contributed by atoms with E-state index >= 15 is 0 Å². The molecule has 0 bridgehead atoms. The minimum absolute atomic E-state index is 0.0300. The molecule has 3 aliphatic rings. The van der Waals surface area contributed by atoms with E-state index in [1.807, 2.05) is 128 Å². The first-order chi connectivity index (χ1) is 50.5. The number of ketones is 3. The Morgan fingerprint density at radius 2 is 0.798 bits per heavy atom. The van der Waals surface area contributed by atoms with Crippen LogP contribution in [0, 0.1) is 37.4 Å². The summed E-state index contributed by atoms with van der Waals surface area (Å²) in [6.07, 6.45) is 0.898. The average Bonchev–Trinajstić information content (AvgIpc) is 1.62. The Morgan fingerprint density at radius 1 is 0.433 bits per heavy atom. The summed E-state index contributed by atoms with van der Waals surface area (Å²) < 4.78 is 71.5. The summed E-state index contributed by atoms with van der Waals surface area (Å²) in [5.41, 5.74) is 8.27. The van der Waals surface area contributed by atoms with E-state index in [9.17, 15) is 47.3 Å². The third-order valence-electron chi connectivity index (χ3n) is 19.0. The fourth-order valence-electron chi connectivity index (χ4n) is 13.4. The lowest BCUT2D eigenvalue weighted by Crippen LogP contribution is -2.49. The van der Waals surface area contributed by atoms with Gasteiger partial charge in [0, 0.05) is 145 Å². The molecule has 0 radical (unpaired) electrons. The van der Waals surface area contributed by atoms with E-state index in [0.717, 1.165) is 152 Å². The third-order valence-corrected chi connectivity index (χ3v) is 22.7. The summed E-state index contributed by atoms with van der Waals surface area (Å²) in [7, 11) is 0. The second kappa shape index (κ2) is 33.1. The number of halogens is 5. The maximum atomic E-state index is 13.6. The Bertz CT molecular complexity index is 4820. The summed E-state index contributed by atoms with van der Waals surface area (Å²) >= 11 is 10.2. The van der Waals surface area contributed by atoms with Crippen LogP contribution in [-0.4, -0.2) is 146 Å². The molecule has 3 N–H and O–H groups in total. The smallest absolute Gasteiger partial charge is 0.203 e. The molecule has 0 amide bonds. The number of nitrogens with zero attached hydrogens (tertiary/aromatic N) is 3. The van der Waals surface area contributed by atoms with Crippen molar-refractivity contribution in [3.05, 3.63) is 247 Å². The van der Waals surface area contributed by atoms with Gasteiger partial charge in [-0.25, -0.2) is 4.39 Å². The van der Waals surface area contributed by atoms with Crippen LogP contribution in [0.5, 0.6) is 34.5 Å². The predicted octanol–water partition coefficient (Wildman–Crippen LogP) is 19.2. The molecule has 0 unspecified atom stereocenters. The second-order valence-corrected chi connectivity index (χ2v) is 30.1. The number of alkyl halides is 3. The van der Waals surface area contributed by atoms with Gasteiger partial charge in [-0.15, -0.1) is 34.0 Å². The molecule has 3 fully saturated rings. The molecular weight excluding hydrogens is 1400 g/mol. The topological polar surface area (TPSA) is 149 Å². The van der Waals surface area contributed by atoms with Crippen LogP contribution in [0.4, 0.5) is 17.6 Å². The van der Waals surface area contributed by atoms with E-state index in [2.05, 4.69) is 14.7 Å². The highest BCUT2D eigenvalue weighted by atomic mass is 35.5. The number of aryl methyl sites for hydroxylation is 2. The highest BCUT2D eigenvalue weighted by Gasteiger charge is 2.30. The number of carbonyl (C=O) groups is 3. The second-order valence-electron chi connectivity index (χ2n) is 26.5. The number of hydrogen-bond acceptors (Lipinski definition) is 15. The Labute approximate surface area is 617 Å². The van der Waals surface area contributed by atoms with Crippen molar-refractivity contribution in [3.8, 4) is 67.9 Å². The van der Waals surface area contributed by atoms with Crippen LogP contribution in [0.25, 0.3) is 63.6 Å². The minimum atomic E-state index is -0.382. The van der Waals surface area contributed by atoms with E-state index in [1.54, 1.807) is 61.5 Å². The maximum absolute atomic E-state index is 13.6. The van der Waals surface area contributed by atoms with Crippen LogP contribution in [0.15, 0.2) is 194 Å². The highest BCUT2D eigenvalue weighted by Crippen LogP contribution is 2.46. The van der Waals surface area contributed by atoms with Gasteiger partial charge in [0.15, 0.2) is 0 Å². The lowest BCUT2D eigenvalue weighted by Gasteiger charge is -2.37. The molecule has 534 valence electrons. The number of likely N-dealkylation sites (tertiary alicyclic amines) is 3. The first kappa shape index (κ1) is 72.9. The number of phenolic OH excluding ortho intramolecular Hbond substituents is 3. The lowest BCUT2D eigenvalue weighted by molar-refractivity contribution is 0.0668. The molecule has 104 heavy (non-hydrogen) atoms. The quantitative estimate of drug-likeness (QED) is 0.0284. The van der Waals surface area contributed by atoms with Crippen molar-refractivity contribution < 1.29 is 61.5 Å². The zero-order chi connectivity index (χ0) is 72.5. The zero-order valence-corrected chi connectivity index (χ0v) is 60.5. The lowest BCUT2D eigenvalue weighted by atomic mass is 9.96. The molecular formula is C84H76ClF4N3O9S3. The number of rotatable bonds is 25. The van der Waals surface area contributed by atoms with Gasteiger partial charge in [0.2, 0.25) is 17.3 Å². The Morgan fingerprint density at radius 3 is 1.18 bits per heavy atom. The molecule has 0 spiro atoms. The molecule has 15 rings (SSSR count). The van der Waals surface area contributed by atoms with Crippen LogP contribution in [0.3, 0.4) is 0 Å². The monoisotopic (exact) mass is 1480 g/mol. The van der Waals surface area contributed by atoms with Gasteiger partial charge in [-0.2, -0.15) is 0 Å². The molecule has 12 aromatic rings. The van der Waals surface area contributed by atoms with Gasteiger partial charge >= 0.3 is 0 Å².